The lowest BCUT2D eigenvalue weighted by Gasteiger charge is -2.33. The van der Waals surface area contributed by atoms with Crippen molar-refractivity contribution in [3.63, 3.8) is 0 Å². The Morgan fingerprint density at radius 1 is 0.274 bits per heavy atom. The molecule has 0 aliphatic carbocycles. The van der Waals surface area contributed by atoms with Crippen LogP contribution in [0.15, 0.2) is 249 Å². The molecule has 1 aliphatic heterocycles. The van der Waals surface area contributed by atoms with Gasteiger partial charge in [-0.3, -0.25) is 0 Å². The Morgan fingerprint density at radius 2 is 0.629 bits per heavy atom. The lowest BCUT2D eigenvalue weighted by molar-refractivity contribution is 0.477. The van der Waals surface area contributed by atoms with Crippen molar-refractivity contribution in [3.8, 4) is 33.8 Å². The van der Waals surface area contributed by atoms with E-state index in [1.807, 2.05) is 0 Å². The maximum atomic E-state index is 6.94. The molecule has 10 aromatic rings. The van der Waals surface area contributed by atoms with Crippen LogP contribution < -0.4 is 19.4 Å². The number of hydrogen-bond acceptors (Lipinski definition) is 4. The van der Waals surface area contributed by atoms with Crippen LogP contribution in [0.4, 0.5) is 51.2 Å². The lowest BCUT2D eigenvalue weighted by atomic mass is 10.00. The molecule has 0 bridgehead atoms. The van der Waals surface area contributed by atoms with Gasteiger partial charge in [-0.2, -0.15) is 0 Å². The minimum atomic E-state index is 0.802. The van der Waals surface area contributed by atoms with E-state index in [9.17, 15) is 0 Å². The Labute approximate surface area is 362 Å². The summed E-state index contributed by atoms with van der Waals surface area (Å²) < 4.78 is 6.94. The van der Waals surface area contributed by atoms with Crippen molar-refractivity contribution in [1.29, 1.82) is 0 Å². The molecule has 10 aromatic carbocycles. The standard InChI is InChI=1S/C58H41N3O/c1-5-17-48(18-6-1)59(49-19-7-2-8-20-49)52-32-25-43(26-33-52)46-30-37-55-57(40-46)62-58-41-47(31-38-56(58)61(55)54-36-29-42-15-13-14-16-45(42)39-54)44-27-34-53(35-28-44)60(50-21-9-3-10-22-50)51-23-11-4-12-24-51/h1-41H. The molecular weight excluding hydrogens is 755 g/mol. The number of rotatable bonds is 9. The largest absolute Gasteiger partial charge is 0.453 e. The fourth-order valence-electron chi connectivity index (χ4n) is 8.57. The first kappa shape index (κ1) is 36.7. The second-order valence-electron chi connectivity index (χ2n) is 15.4. The zero-order valence-electron chi connectivity index (χ0n) is 33.9. The molecule has 11 rings (SSSR count). The van der Waals surface area contributed by atoms with Crippen molar-refractivity contribution in [2.75, 3.05) is 14.7 Å². The molecular formula is C58H41N3O. The minimum Gasteiger partial charge on any atom is -0.453 e. The first-order valence-electron chi connectivity index (χ1n) is 21.0. The number of ether oxygens (including phenoxy) is 1. The second kappa shape index (κ2) is 16.0. The fraction of sp³-hybridized carbons (Fsp3) is 0. The number of hydrogen-bond donors (Lipinski definition) is 0. The van der Waals surface area contributed by atoms with Crippen LogP contribution in [0.25, 0.3) is 33.0 Å². The minimum absolute atomic E-state index is 0.802. The summed E-state index contributed by atoms with van der Waals surface area (Å²) in [4.78, 5) is 6.90. The first-order valence-corrected chi connectivity index (χ1v) is 21.0. The van der Waals surface area contributed by atoms with Crippen LogP contribution >= 0.6 is 0 Å². The van der Waals surface area contributed by atoms with Gasteiger partial charge < -0.3 is 19.4 Å². The molecule has 0 saturated heterocycles. The maximum Gasteiger partial charge on any atom is 0.152 e. The zero-order chi connectivity index (χ0) is 41.2. The van der Waals surface area contributed by atoms with Crippen molar-refractivity contribution >= 4 is 62.0 Å². The van der Waals surface area contributed by atoms with Gasteiger partial charge in [0.25, 0.3) is 0 Å². The SMILES string of the molecule is c1ccc(N(c2ccccc2)c2ccc(-c3ccc4c(c3)Oc3cc(-c5ccc(N(c6ccccc6)c6ccccc6)cc5)ccc3N4c3ccc4ccccc4c3)cc2)cc1. The molecule has 294 valence electrons. The van der Waals surface area contributed by atoms with Crippen LogP contribution in [0.5, 0.6) is 11.5 Å². The van der Waals surface area contributed by atoms with Crippen molar-refractivity contribution in [3.05, 3.63) is 249 Å². The summed E-state index contributed by atoms with van der Waals surface area (Å²) in [5, 5.41) is 2.40. The van der Waals surface area contributed by atoms with Crippen LogP contribution in [0.2, 0.25) is 0 Å². The molecule has 62 heavy (non-hydrogen) atoms. The quantitative estimate of drug-likeness (QED) is 0.145. The highest BCUT2D eigenvalue weighted by Crippen LogP contribution is 2.53. The summed E-state index contributed by atoms with van der Waals surface area (Å²) in [5.74, 6) is 1.60. The topological polar surface area (TPSA) is 19.0 Å². The molecule has 0 saturated carbocycles. The van der Waals surface area contributed by atoms with Crippen LogP contribution in [0.3, 0.4) is 0 Å². The summed E-state index contributed by atoms with van der Waals surface area (Å²) in [5.41, 5.74) is 14.1. The molecule has 4 heteroatoms. The Balaban J connectivity index is 0.959. The molecule has 1 heterocycles. The number of benzene rings is 10. The van der Waals surface area contributed by atoms with E-state index in [1.165, 1.54) is 10.8 Å². The number of anilines is 9. The van der Waals surface area contributed by atoms with Gasteiger partial charge in [0.2, 0.25) is 0 Å². The number of para-hydroxylation sites is 4. The summed E-state index contributed by atoms with van der Waals surface area (Å²) in [6, 6.07) is 87.9. The summed E-state index contributed by atoms with van der Waals surface area (Å²) in [6.07, 6.45) is 0. The molecule has 0 fully saturated rings. The predicted molar refractivity (Wildman–Crippen MR) is 259 cm³/mol. The second-order valence-corrected chi connectivity index (χ2v) is 15.4. The highest BCUT2D eigenvalue weighted by molar-refractivity contribution is 5.94. The van der Waals surface area contributed by atoms with Gasteiger partial charge in [0.15, 0.2) is 11.5 Å². The number of fused-ring (bicyclic) bond motifs is 3. The first-order chi connectivity index (χ1) is 30.7. The van der Waals surface area contributed by atoms with Gasteiger partial charge in [-0.25, -0.2) is 0 Å². The van der Waals surface area contributed by atoms with Gasteiger partial charge in [0.05, 0.1) is 11.4 Å². The van der Waals surface area contributed by atoms with E-state index in [4.69, 9.17) is 4.74 Å². The highest BCUT2D eigenvalue weighted by Gasteiger charge is 2.27. The normalized spacial score (nSPS) is 11.6. The smallest absolute Gasteiger partial charge is 0.152 e. The third kappa shape index (κ3) is 7.00. The van der Waals surface area contributed by atoms with E-state index < -0.39 is 0 Å². The van der Waals surface area contributed by atoms with Gasteiger partial charge in [-0.1, -0.05) is 140 Å². The molecule has 1 aliphatic rings. The third-order valence-electron chi connectivity index (χ3n) is 11.6. The highest BCUT2D eigenvalue weighted by atomic mass is 16.5. The van der Waals surface area contributed by atoms with E-state index >= 15 is 0 Å². The van der Waals surface area contributed by atoms with Crippen molar-refractivity contribution in [2.24, 2.45) is 0 Å². The Kier molecular flexibility index (Phi) is 9.49. The Hall–Kier alpha value is -8.34. The molecule has 0 unspecified atom stereocenters. The van der Waals surface area contributed by atoms with Crippen LogP contribution in [-0.4, -0.2) is 0 Å². The molecule has 0 spiro atoms. The Bertz CT molecular complexity index is 2880. The van der Waals surface area contributed by atoms with E-state index in [0.717, 1.165) is 84.9 Å². The molecule has 0 atom stereocenters. The fourth-order valence-corrected chi connectivity index (χ4v) is 8.57. The predicted octanol–water partition coefficient (Wildman–Crippen LogP) is 16.7. The zero-order valence-corrected chi connectivity index (χ0v) is 33.9. The van der Waals surface area contributed by atoms with E-state index in [-0.39, 0.29) is 0 Å². The maximum absolute atomic E-state index is 6.94. The average Bonchev–Trinajstić information content (AvgIpc) is 3.35. The summed E-state index contributed by atoms with van der Waals surface area (Å²) in [7, 11) is 0. The van der Waals surface area contributed by atoms with E-state index in [0.29, 0.717) is 0 Å². The van der Waals surface area contributed by atoms with Crippen molar-refractivity contribution < 1.29 is 4.74 Å². The third-order valence-corrected chi connectivity index (χ3v) is 11.6. The van der Waals surface area contributed by atoms with Gasteiger partial charge in [0.1, 0.15) is 0 Å². The molecule has 0 N–H and O–H groups in total. The Morgan fingerprint density at radius 3 is 1.05 bits per heavy atom. The van der Waals surface area contributed by atoms with Gasteiger partial charge in [-0.05, 0) is 142 Å². The van der Waals surface area contributed by atoms with Gasteiger partial charge >= 0.3 is 0 Å². The lowest BCUT2D eigenvalue weighted by Crippen LogP contribution is -2.16. The van der Waals surface area contributed by atoms with Crippen molar-refractivity contribution in [2.45, 2.75) is 0 Å². The van der Waals surface area contributed by atoms with Gasteiger partial charge in [0, 0.05) is 39.8 Å². The molecule has 4 nitrogen and oxygen atoms in total. The van der Waals surface area contributed by atoms with Crippen LogP contribution in [0.1, 0.15) is 0 Å². The molecule has 0 radical (unpaired) electrons. The monoisotopic (exact) mass is 795 g/mol. The van der Waals surface area contributed by atoms with Crippen LogP contribution in [-0.2, 0) is 0 Å². The summed E-state index contributed by atoms with van der Waals surface area (Å²) in [6.45, 7) is 0. The van der Waals surface area contributed by atoms with E-state index in [2.05, 4.69) is 263 Å². The summed E-state index contributed by atoms with van der Waals surface area (Å²) >= 11 is 0. The molecule has 0 amide bonds. The van der Waals surface area contributed by atoms with Crippen molar-refractivity contribution in [1.82, 2.24) is 0 Å². The van der Waals surface area contributed by atoms with Crippen LogP contribution in [0, 0.1) is 0 Å². The number of nitrogens with zero attached hydrogens (tertiary/aromatic N) is 3. The average molecular weight is 796 g/mol. The van der Waals surface area contributed by atoms with Gasteiger partial charge in [-0.15, -0.1) is 0 Å². The van der Waals surface area contributed by atoms with E-state index in [1.54, 1.807) is 0 Å². The molecule has 0 aromatic heterocycles.